The molecule has 0 aliphatic heterocycles. The molecule has 26 heavy (non-hydrogen) atoms. The number of aryl methyl sites for hydroxylation is 1. The zero-order valence-corrected chi connectivity index (χ0v) is 16.1. The lowest BCUT2D eigenvalue weighted by Crippen LogP contribution is -2.04. The molecule has 0 radical (unpaired) electrons. The van der Waals surface area contributed by atoms with Gasteiger partial charge in [-0.15, -0.1) is 10.2 Å². The molecule has 136 valence electrons. The summed E-state index contributed by atoms with van der Waals surface area (Å²) in [6.07, 6.45) is 3.18. The van der Waals surface area contributed by atoms with Gasteiger partial charge in [-0.05, 0) is 50.1 Å². The standard InChI is InChI=1S/C17H19ClN6OS/c1-3-10-14(18)13-15(20-10)21-17(22-16(13)25-4-2)26-12-8-7-11(23-24-12)19-9-5-6-9/h7-9H,3-6H2,1-2H3,(H,19,23)(H,20,21,22). The Hall–Kier alpha value is -2.06. The van der Waals surface area contributed by atoms with E-state index in [4.69, 9.17) is 16.3 Å². The fourth-order valence-corrected chi connectivity index (χ4v) is 3.59. The van der Waals surface area contributed by atoms with Gasteiger partial charge in [0, 0.05) is 11.7 Å². The fourth-order valence-electron chi connectivity index (χ4n) is 2.57. The smallest absolute Gasteiger partial charge is 0.228 e. The number of fused-ring (bicyclic) bond motifs is 1. The number of halogens is 1. The minimum absolute atomic E-state index is 0.487. The van der Waals surface area contributed by atoms with E-state index in [1.54, 1.807) is 0 Å². The van der Waals surface area contributed by atoms with Crippen LogP contribution in [0.15, 0.2) is 22.3 Å². The summed E-state index contributed by atoms with van der Waals surface area (Å²) in [5.41, 5.74) is 1.60. The number of ether oxygens (including phenoxy) is 1. The third-order valence-electron chi connectivity index (χ3n) is 4.01. The van der Waals surface area contributed by atoms with E-state index in [9.17, 15) is 0 Å². The Morgan fingerprint density at radius 2 is 2.12 bits per heavy atom. The molecule has 0 spiro atoms. The summed E-state index contributed by atoms with van der Waals surface area (Å²) < 4.78 is 5.69. The minimum atomic E-state index is 0.487. The van der Waals surface area contributed by atoms with Crippen molar-refractivity contribution >= 4 is 40.2 Å². The molecule has 0 saturated heterocycles. The minimum Gasteiger partial charge on any atom is -0.477 e. The molecule has 0 unspecified atom stereocenters. The Balaban J connectivity index is 1.62. The largest absolute Gasteiger partial charge is 0.477 e. The maximum Gasteiger partial charge on any atom is 0.228 e. The highest BCUT2D eigenvalue weighted by atomic mass is 35.5. The Morgan fingerprint density at radius 3 is 2.77 bits per heavy atom. The van der Waals surface area contributed by atoms with E-state index in [0.717, 1.165) is 28.3 Å². The Labute approximate surface area is 160 Å². The summed E-state index contributed by atoms with van der Waals surface area (Å²) in [5, 5.41) is 14.4. The monoisotopic (exact) mass is 390 g/mol. The third-order valence-corrected chi connectivity index (χ3v) is 5.22. The summed E-state index contributed by atoms with van der Waals surface area (Å²) in [5.74, 6) is 1.29. The Kier molecular flexibility index (Phi) is 4.86. The molecule has 4 rings (SSSR count). The molecule has 1 aliphatic carbocycles. The van der Waals surface area contributed by atoms with Gasteiger partial charge in [0.25, 0.3) is 0 Å². The van der Waals surface area contributed by atoms with Crippen LogP contribution in [0.2, 0.25) is 5.02 Å². The Bertz CT molecular complexity index is 925. The van der Waals surface area contributed by atoms with Crippen LogP contribution in [0.5, 0.6) is 5.88 Å². The normalized spacial score (nSPS) is 14.0. The fraction of sp³-hybridized carbons (Fsp3) is 0.412. The van der Waals surface area contributed by atoms with Crippen LogP contribution >= 0.6 is 23.4 Å². The van der Waals surface area contributed by atoms with Gasteiger partial charge >= 0.3 is 0 Å². The number of hydrogen-bond acceptors (Lipinski definition) is 7. The molecular weight excluding hydrogens is 372 g/mol. The van der Waals surface area contributed by atoms with Crippen LogP contribution in [-0.4, -0.2) is 37.8 Å². The quantitative estimate of drug-likeness (QED) is 0.587. The van der Waals surface area contributed by atoms with Crippen molar-refractivity contribution in [1.29, 1.82) is 0 Å². The predicted molar refractivity (Wildman–Crippen MR) is 102 cm³/mol. The van der Waals surface area contributed by atoms with Crippen LogP contribution in [0.1, 0.15) is 32.4 Å². The van der Waals surface area contributed by atoms with Crippen molar-refractivity contribution in [2.45, 2.75) is 49.3 Å². The summed E-state index contributed by atoms with van der Waals surface area (Å²) in [4.78, 5) is 12.3. The molecule has 1 aliphatic rings. The second-order valence-corrected chi connectivity index (χ2v) is 7.38. The van der Waals surface area contributed by atoms with Crippen molar-refractivity contribution in [3.63, 3.8) is 0 Å². The second kappa shape index (κ2) is 7.28. The topological polar surface area (TPSA) is 88.6 Å². The zero-order chi connectivity index (χ0) is 18.1. The van der Waals surface area contributed by atoms with Crippen LogP contribution in [0.3, 0.4) is 0 Å². The highest BCUT2D eigenvalue weighted by Gasteiger charge is 2.21. The van der Waals surface area contributed by atoms with Gasteiger partial charge in [-0.1, -0.05) is 18.5 Å². The Morgan fingerprint density at radius 1 is 1.27 bits per heavy atom. The van der Waals surface area contributed by atoms with Crippen molar-refractivity contribution in [1.82, 2.24) is 25.1 Å². The lowest BCUT2D eigenvalue weighted by atomic mass is 10.3. The van der Waals surface area contributed by atoms with Crippen molar-refractivity contribution in [2.24, 2.45) is 0 Å². The number of nitrogens with one attached hydrogen (secondary N) is 2. The van der Waals surface area contributed by atoms with Crippen molar-refractivity contribution < 1.29 is 4.74 Å². The van der Waals surface area contributed by atoms with Gasteiger partial charge in [0.2, 0.25) is 5.88 Å². The summed E-state index contributed by atoms with van der Waals surface area (Å²) >= 11 is 7.79. The summed E-state index contributed by atoms with van der Waals surface area (Å²) in [6.45, 7) is 4.45. The van der Waals surface area contributed by atoms with E-state index in [1.165, 1.54) is 24.6 Å². The second-order valence-electron chi connectivity index (χ2n) is 6.02. The molecule has 0 aromatic carbocycles. The zero-order valence-electron chi connectivity index (χ0n) is 14.5. The van der Waals surface area contributed by atoms with Crippen molar-refractivity contribution in [2.75, 3.05) is 11.9 Å². The first kappa shape index (κ1) is 17.4. The molecule has 7 nitrogen and oxygen atoms in total. The van der Waals surface area contributed by atoms with Gasteiger partial charge in [0.05, 0.1) is 17.0 Å². The van der Waals surface area contributed by atoms with Gasteiger partial charge in [-0.3, -0.25) is 0 Å². The van der Waals surface area contributed by atoms with Gasteiger partial charge in [0.1, 0.15) is 16.5 Å². The van der Waals surface area contributed by atoms with Crippen LogP contribution in [0, 0.1) is 0 Å². The molecule has 9 heteroatoms. The van der Waals surface area contributed by atoms with E-state index in [-0.39, 0.29) is 0 Å². The summed E-state index contributed by atoms with van der Waals surface area (Å²) in [7, 11) is 0. The van der Waals surface area contributed by atoms with E-state index in [2.05, 4.69) is 30.5 Å². The predicted octanol–water partition coefficient (Wildman–Crippen LogP) is 4.09. The SMILES string of the molecule is CCOc1nc(Sc2ccc(NC3CC3)nn2)nc2[nH]c(CC)c(Cl)c12. The average molecular weight is 391 g/mol. The van der Waals surface area contributed by atoms with E-state index in [0.29, 0.717) is 34.4 Å². The average Bonchev–Trinajstić information content (AvgIpc) is 3.39. The third kappa shape index (κ3) is 3.57. The lowest BCUT2D eigenvalue weighted by Gasteiger charge is -2.07. The van der Waals surface area contributed by atoms with Gasteiger partial charge < -0.3 is 15.0 Å². The first-order valence-electron chi connectivity index (χ1n) is 8.67. The molecule has 1 saturated carbocycles. The molecule has 3 aromatic heterocycles. The van der Waals surface area contributed by atoms with E-state index >= 15 is 0 Å². The first-order chi connectivity index (χ1) is 12.7. The molecule has 0 amide bonds. The van der Waals surface area contributed by atoms with Crippen molar-refractivity contribution in [3.8, 4) is 5.88 Å². The molecule has 2 N–H and O–H groups in total. The number of nitrogens with zero attached hydrogens (tertiary/aromatic N) is 4. The number of aromatic amines is 1. The lowest BCUT2D eigenvalue weighted by molar-refractivity contribution is 0.328. The van der Waals surface area contributed by atoms with E-state index in [1.807, 2.05) is 26.0 Å². The van der Waals surface area contributed by atoms with Crippen LogP contribution in [0.4, 0.5) is 5.82 Å². The molecule has 1 fully saturated rings. The van der Waals surface area contributed by atoms with Crippen LogP contribution in [0.25, 0.3) is 11.0 Å². The highest BCUT2D eigenvalue weighted by molar-refractivity contribution is 7.99. The first-order valence-corrected chi connectivity index (χ1v) is 9.86. The van der Waals surface area contributed by atoms with E-state index < -0.39 is 0 Å². The van der Waals surface area contributed by atoms with Gasteiger partial charge in [-0.25, -0.2) is 4.98 Å². The highest BCUT2D eigenvalue weighted by Crippen LogP contribution is 2.35. The number of hydrogen-bond donors (Lipinski definition) is 2. The van der Waals surface area contributed by atoms with Crippen LogP contribution in [-0.2, 0) is 6.42 Å². The molecule has 3 aromatic rings. The molecule has 0 bridgehead atoms. The molecule has 0 atom stereocenters. The maximum absolute atomic E-state index is 6.45. The number of aromatic nitrogens is 5. The van der Waals surface area contributed by atoms with Gasteiger partial charge in [0.15, 0.2) is 5.16 Å². The molecular formula is C17H19ClN6OS. The van der Waals surface area contributed by atoms with Gasteiger partial charge in [-0.2, -0.15) is 4.98 Å². The number of anilines is 1. The number of rotatable bonds is 7. The maximum atomic E-state index is 6.45. The van der Waals surface area contributed by atoms with Crippen LogP contribution < -0.4 is 10.1 Å². The number of H-pyrrole nitrogens is 1. The van der Waals surface area contributed by atoms with Crippen molar-refractivity contribution in [3.05, 3.63) is 22.8 Å². The summed E-state index contributed by atoms with van der Waals surface area (Å²) in [6, 6.07) is 4.39. The molecule has 3 heterocycles.